The first-order chi connectivity index (χ1) is 12.6. The van der Waals surface area contributed by atoms with Crippen LogP contribution < -0.4 is 10.6 Å². The zero-order chi connectivity index (χ0) is 18.4. The summed E-state index contributed by atoms with van der Waals surface area (Å²) in [6.45, 7) is 1.81. The Morgan fingerprint density at radius 2 is 2.08 bits per heavy atom. The molecule has 1 fully saturated rings. The van der Waals surface area contributed by atoms with Crippen LogP contribution in [0.5, 0.6) is 0 Å². The Morgan fingerprint density at radius 3 is 2.77 bits per heavy atom. The standard InChI is InChI=1S/C18H23N5O3/c1-26-18(25)22-10-6-15(7-11-22)20-17(24)21-16-5-2-4-14(12-16)13-23-9-3-8-19-23/h2-5,8-9,12,15H,6-7,10-11,13H2,1H3,(H2,20,21,24). The maximum atomic E-state index is 12.2. The number of rotatable bonds is 4. The highest BCUT2D eigenvalue weighted by Gasteiger charge is 2.24. The van der Waals surface area contributed by atoms with E-state index in [2.05, 4.69) is 15.7 Å². The van der Waals surface area contributed by atoms with Crippen LogP contribution in [0.4, 0.5) is 15.3 Å². The van der Waals surface area contributed by atoms with E-state index in [0.29, 0.717) is 32.5 Å². The Bertz CT molecular complexity index is 739. The van der Waals surface area contributed by atoms with Crippen LogP contribution in [0.25, 0.3) is 0 Å². The molecule has 0 bridgehead atoms. The Morgan fingerprint density at radius 1 is 1.27 bits per heavy atom. The first-order valence-electron chi connectivity index (χ1n) is 8.61. The molecule has 1 aromatic carbocycles. The van der Waals surface area contributed by atoms with Crippen molar-refractivity contribution < 1.29 is 14.3 Å². The highest BCUT2D eigenvalue weighted by atomic mass is 16.5. The molecule has 2 aromatic rings. The largest absolute Gasteiger partial charge is 0.453 e. The molecule has 1 aliphatic heterocycles. The van der Waals surface area contributed by atoms with Crippen LogP contribution in [0, 0.1) is 0 Å². The molecule has 26 heavy (non-hydrogen) atoms. The molecule has 0 radical (unpaired) electrons. The van der Waals surface area contributed by atoms with Gasteiger partial charge in [0.05, 0.1) is 13.7 Å². The van der Waals surface area contributed by atoms with Crippen molar-refractivity contribution in [3.05, 3.63) is 48.3 Å². The van der Waals surface area contributed by atoms with Crippen LogP contribution in [0.1, 0.15) is 18.4 Å². The van der Waals surface area contributed by atoms with Crippen molar-refractivity contribution >= 4 is 17.8 Å². The van der Waals surface area contributed by atoms with Crippen LogP contribution in [0.2, 0.25) is 0 Å². The Labute approximate surface area is 152 Å². The molecule has 1 saturated heterocycles. The monoisotopic (exact) mass is 357 g/mol. The van der Waals surface area contributed by atoms with Crippen molar-refractivity contribution in [3.63, 3.8) is 0 Å². The number of methoxy groups -OCH3 is 1. The van der Waals surface area contributed by atoms with E-state index < -0.39 is 0 Å². The summed E-state index contributed by atoms with van der Waals surface area (Å²) in [5.41, 5.74) is 1.79. The van der Waals surface area contributed by atoms with Crippen molar-refractivity contribution in [2.45, 2.75) is 25.4 Å². The van der Waals surface area contributed by atoms with Crippen LogP contribution in [0.15, 0.2) is 42.7 Å². The molecule has 8 nitrogen and oxygen atoms in total. The summed E-state index contributed by atoms with van der Waals surface area (Å²) in [6.07, 6.45) is 4.74. The van der Waals surface area contributed by atoms with Crippen molar-refractivity contribution in [3.8, 4) is 0 Å². The molecule has 0 aliphatic carbocycles. The van der Waals surface area contributed by atoms with E-state index in [9.17, 15) is 9.59 Å². The maximum Gasteiger partial charge on any atom is 0.409 e. The molecule has 3 amide bonds. The van der Waals surface area contributed by atoms with Gasteiger partial charge in [0.2, 0.25) is 0 Å². The molecule has 1 aliphatic rings. The van der Waals surface area contributed by atoms with Gasteiger partial charge in [-0.25, -0.2) is 9.59 Å². The third kappa shape index (κ3) is 4.75. The molecular weight excluding hydrogens is 334 g/mol. The van der Waals surface area contributed by atoms with Crippen LogP contribution >= 0.6 is 0 Å². The minimum atomic E-state index is -0.318. The molecule has 3 rings (SSSR count). The number of carbonyl (C=O) groups is 2. The van der Waals surface area contributed by atoms with Gasteiger partial charge in [-0.1, -0.05) is 12.1 Å². The zero-order valence-electron chi connectivity index (χ0n) is 14.7. The quantitative estimate of drug-likeness (QED) is 0.879. The van der Waals surface area contributed by atoms with E-state index >= 15 is 0 Å². The van der Waals surface area contributed by atoms with Gasteiger partial charge >= 0.3 is 12.1 Å². The molecule has 2 heterocycles. The van der Waals surface area contributed by atoms with Gasteiger partial charge in [-0.15, -0.1) is 0 Å². The Hall–Kier alpha value is -3.03. The number of amides is 3. The Balaban J connectivity index is 1.48. The summed E-state index contributed by atoms with van der Waals surface area (Å²) < 4.78 is 6.54. The lowest BCUT2D eigenvalue weighted by Crippen LogP contribution is -2.47. The summed E-state index contributed by atoms with van der Waals surface area (Å²) >= 11 is 0. The van der Waals surface area contributed by atoms with E-state index in [-0.39, 0.29) is 18.2 Å². The molecule has 0 unspecified atom stereocenters. The minimum absolute atomic E-state index is 0.0446. The van der Waals surface area contributed by atoms with Crippen molar-refractivity contribution in [2.75, 3.05) is 25.5 Å². The highest BCUT2D eigenvalue weighted by Crippen LogP contribution is 2.14. The number of ether oxygens (including phenoxy) is 1. The molecule has 138 valence electrons. The zero-order valence-corrected chi connectivity index (χ0v) is 14.7. The number of hydrogen-bond donors (Lipinski definition) is 2. The fraction of sp³-hybridized carbons (Fsp3) is 0.389. The molecule has 1 aromatic heterocycles. The number of carbonyl (C=O) groups excluding carboxylic acids is 2. The average Bonchev–Trinajstić information content (AvgIpc) is 3.15. The number of aromatic nitrogens is 2. The first-order valence-corrected chi connectivity index (χ1v) is 8.61. The second-order valence-electron chi connectivity index (χ2n) is 6.23. The fourth-order valence-electron chi connectivity index (χ4n) is 3.02. The minimum Gasteiger partial charge on any atom is -0.453 e. The molecule has 0 atom stereocenters. The molecule has 2 N–H and O–H groups in total. The number of nitrogens with one attached hydrogen (secondary N) is 2. The smallest absolute Gasteiger partial charge is 0.409 e. The summed E-state index contributed by atoms with van der Waals surface area (Å²) in [5.74, 6) is 0. The lowest BCUT2D eigenvalue weighted by molar-refractivity contribution is 0.110. The Kier molecular flexibility index (Phi) is 5.73. The van der Waals surface area contributed by atoms with E-state index in [4.69, 9.17) is 4.74 Å². The van der Waals surface area contributed by atoms with Gasteiger partial charge in [0.1, 0.15) is 0 Å². The topological polar surface area (TPSA) is 88.5 Å². The summed E-state index contributed by atoms with van der Waals surface area (Å²) in [6, 6.07) is 9.37. The third-order valence-electron chi connectivity index (χ3n) is 4.35. The van der Waals surface area contributed by atoms with Gasteiger partial charge in [-0.05, 0) is 36.6 Å². The van der Waals surface area contributed by atoms with E-state index in [0.717, 1.165) is 11.3 Å². The number of anilines is 1. The van der Waals surface area contributed by atoms with Crippen molar-refractivity contribution in [1.29, 1.82) is 0 Å². The second kappa shape index (κ2) is 8.37. The molecular formula is C18H23N5O3. The SMILES string of the molecule is COC(=O)N1CCC(NC(=O)Nc2cccc(Cn3cccn3)c2)CC1. The summed E-state index contributed by atoms with van der Waals surface area (Å²) in [4.78, 5) is 25.4. The van der Waals surface area contributed by atoms with Crippen molar-refractivity contribution in [2.24, 2.45) is 0 Å². The molecule has 8 heteroatoms. The van der Waals surface area contributed by atoms with Gasteiger partial charge in [-0.3, -0.25) is 4.68 Å². The third-order valence-corrected chi connectivity index (χ3v) is 4.35. The number of likely N-dealkylation sites (tertiary alicyclic amines) is 1. The number of urea groups is 1. The molecule has 0 spiro atoms. The van der Waals surface area contributed by atoms with Crippen LogP contribution in [-0.2, 0) is 11.3 Å². The number of piperidine rings is 1. The van der Waals surface area contributed by atoms with Crippen molar-refractivity contribution in [1.82, 2.24) is 20.0 Å². The van der Waals surface area contributed by atoms with Crippen LogP contribution in [-0.4, -0.2) is 53.0 Å². The van der Waals surface area contributed by atoms with E-state index in [1.54, 1.807) is 11.1 Å². The van der Waals surface area contributed by atoms with Gasteiger partial charge < -0.3 is 20.3 Å². The lowest BCUT2D eigenvalue weighted by atomic mass is 10.1. The first kappa shape index (κ1) is 17.8. The highest BCUT2D eigenvalue weighted by molar-refractivity contribution is 5.89. The summed E-state index contributed by atoms with van der Waals surface area (Å²) in [5, 5.41) is 10.0. The van der Waals surface area contributed by atoms with Gasteiger partial charge in [0, 0.05) is 37.2 Å². The predicted molar refractivity (Wildman–Crippen MR) is 96.9 cm³/mol. The second-order valence-corrected chi connectivity index (χ2v) is 6.23. The number of benzene rings is 1. The van der Waals surface area contributed by atoms with Crippen LogP contribution in [0.3, 0.4) is 0 Å². The number of hydrogen-bond acceptors (Lipinski definition) is 4. The van der Waals surface area contributed by atoms with Gasteiger partial charge in [-0.2, -0.15) is 5.10 Å². The fourth-order valence-corrected chi connectivity index (χ4v) is 3.02. The lowest BCUT2D eigenvalue weighted by Gasteiger charge is -2.31. The predicted octanol–water partition coefficient (Wildman–Crippen LogP) is 2.28. The summed E-state index contributed by atoms with van der Waals surface area (Å²) in [7, 11) is 1.38. The maximum absolute atomic E-state index is 12.2. The average molecular weight is 357 g/mol. The molecule has 0 saturated carbocycles. The van der Waals surface area contributed by atoms with Gasteiger partial charge in [0.25, 0.3) is 0 Å². The number of nitrogens with zero attached hydrogens (tertiary/aromatic N) is 3. The van der Waals surface area contributed by atoms with E-state index in [1.165, 1.54) is 7.11 Å². The van der Waals surface area contributed by atoms with Gasteiger partial charge in [0.15, 0.2) is 0 Å². The van der Waals surface area contributed by atoms with E-state index in [1.807, 2.05) is 41.2 Å². The normalized spacial score (nSPS) is 14.7.